The van der Waals surface area contributed by atoms with E-state index in [9.17, 15) is 13.2 Å². The summed E-state index contributed by atoms with van der Waals surface area (Å²) in [5.74, 6) is -0.175. The maximum atomic E-state index is 12.8. The number of nitrogens with one attached hydrogen (secondary N) is 1. The molecule has 1 fully saturated rings. The lowest BCUT2D eigenvalue weighted by Gasteiger charge is -2.34. The largest absolute Gasteiger partial charge is 0.326 e. The van der Waals surface area contributed by atoms with Crippen LogP contribution in [0.4, 0.5) is 5.69 Å². The molecule has 27 heavy (non-hydrogen) atoms. The molecule has 2 aliphatic rings. The minimum Gasteiger partial charge on any atom is -0.326 e. The molecule has 0 atom stereocenters. The minimum absolute atomic E-state index is 0.175. The van der Waals surface area contributed by atoms with Crippen molar-refractivity contribution in [2.75, 3.05) is 38.0 Å². The van der Waals surface area contributed by atoms with E-state index in [0.717, 1.165) is 26.1 Å². The van der Waals surface area contributed by atoms with Crippen LogP contribution >= 0.6 is 0 Å². The van der Waals surface area contributed by atoms with Crippen LogP contribution in [-0.2, 0) is 14.8 Å². The molecule has 148 valence electrons. The first-order chi connectivity index (χ1) is 12.9. The summed E-state index contributed by atoms with van der Waals surface area (Å²) in [6.07, 6.45) is 8.54. The van der Waals surface area contributed by atoms with Crippen LogP contribution in [0.5, 0.6) is 0 Å². The monoisotopic (exact) mass is 391 g/mol. The van der Waals surface area contributed by atoms with E-state index in [2.05, 4.69) is 16.3 Å². The predicted octanol–water partition coefficient (Wildman–Crippen LogP) is 2.84. The highest BCUT2D eigenvalue weighted by molar-refractivity contribution is 7.89. The zero-order valence-corrected chi connectivity index (χ0v) is 16.8. The predicted molar refractivity (Wildman–Crippen MR) is 107 cm³/mol. The highest BCUT2D eigenvalue weighted by Crippen LogP contribution is 2.22. The fourth-order valence-electron chi connectivity index (χ4n) is 3.69. The fraction of sp³-hybridized carbons (Fsp3) is 0.550. The molecule has 1 saturated heterocycles. The Labute approximate surface area is 162 Å². The Balaban J connectivity index is 1.53. The quantitative estimate of drug-likeness (QED) is 0.757. The first kappa shape index (κ1) is 20.0. The topological polar surface area (TPSA) is 69.7 Å². The van der Waals surface area contributed by atoms with Crippen molar-refractivity contribution < 1.29 is 13.2 Å². The van der Waals surface area contributed by atoms with E-state index in [1.807, 2.05) is 0 Å². The second kappa shape index (κ2) is 8.99. The Morgan fingerprint density at radius 3 is 2.37 bits per heavy atom. The molecule has 3 rings (SSSR count). The van der Waals surface area contributed by atoms with Crippen LogP contribution in [0.2, 0.25) is 0 Å². The lowest BCUT2D eigenvalue weighted by Crippen LogP contribution is -2.48. The number of piperazine rings is 1. The number of nitrogens with zero attached hydrogens (tertiary/aromatic N) is 2. The van der Waals surface area contributed by atoms with Crippen LogP contribution in [0, 0.1) is 0 Å². The van der Waals surface area contributed by atoms with Crippen molar-refractivity contribution >= 4 is 21.6 Å². The lowest BCUT2D eigenvalue weighted by atomic mass is 9.97. The third-order valence-electron chi connectivity index (χ3n) is 5.28. The molecule has 1 aromatic rings. The molecule has 7 heteroatoms. The number of amides is 1. The molecular formula is C20H29N3O3S. The second-order valence-electron chi connectivity index (χ2n) is 7.31. The highest BCUT2D eigenvalue weighted by atomic mass is 32.2. The third-order valence-corrected chi connectivity index (χ3v) is 7.19. The maximum Gasteiger partial charge on any atom is 0.243 e. The summed E-state index contributed by atoms with van der Waals surface area (Å²) in [6.45, 7) is 5.04. The number of hydrogen-bond acceptors (Lipinski definition) is 4. The molecule has 1 heterocycles. The molecule has 0 bridgehead atoms. The molecule has 0 aromatic heterocycles. The minimum atomic E-state index is -3.48. The van der Waals surface area contributed by atoms with Gasteiger partial charge in [0.15, 0.2) is 0 Å². The second-order valence-corrected chi connectivity index (χ2v) is 9.25. The van der Waals surface area contributed by atoms with E-state index in [4.69, 9.17) is 0 Å². The van der Waals surface area contributed by atoms with Gasteiger partial charge in [-0.15, -0.1) is 0 Å². The molecule has 0 spiro atoms. The number of benzene rings is 1. The average Bonchev–Trinajstić information content (AvgIpc) is 2.67. The van der Waals surface area contributed by atoms with Gasteiger partial charge in [-0.25, -0.2) is 8.42 Å². The molecular weight excluding hydrogens is 362 g/mol. The molecule has 0 radical (unpaired) electrons. The van der Waals surface area contributed by atoms with Gasteiger partial charge in [-0.05, 0) is 56.4 Å². The number of allylic oxidation sites excluding steroid dienone is 1. The van der Waals surface area contributed by atoms with Crippen LogP contribution < -0.4 is 5.32 Å². The van der Waals surface area contributed by atoms with Gasteiger partial charge >= 0.3 is 0 Å². The van der Waals surface area contributed by atoms with Gasteiger partial charge in [0, 0.05) is 45.3 Å². The number of rotatable bonds is 6. The van der Waals surface area contributed by atoms with Crippen LogP contribution in [0.3, 0.4) is 0 Å². The molecule has 1 aliphatic heterocycles. The van der Waals surface area contributed by atoms with E-state index < -0.39 is 10.0 Å². The first-order valence-corrected chi connectivity index (χ1v) is 11.2. The lowest BCUT2D eigenvalue weighted by molar-refractivity contribution is -0.114. The summed E-state index contributed by atoms with van der Waals surface area (Å²) in [6, 6.07) is 6.37. The van der Waals surface area contributed by atoms with Gasteiger partial charge in [0.05, 0.1) is 4.90 Å². The molecule has 1 amide bonds. The van der Waals surface area contributed by atoms with E-state index in [1.165, 1.54) is 32.6 Å². The highest BCUT2D eigenvalue weighted by Gasteiger charge is 2.28. The summed E-state index contributed by atoms with van der Waals surface area (Å²) in [5.41, 5.74) is 2.17. The van der Waals surface area contributed by atoms with Crippen LogP contribution in [0.25, 0.3) is 0 Å². The van der Waals surface area contributed by atoms with Gasteiger partial charge in [0.2, 0.25) is 15.9 Å². The Bertz CT molecular complexity index is 779. The van der Waals surface area contributed by atoms with Crippen molar-refractivity contribution in [1.29, 1.82) is 0 Å². The summed E-state index contributed by atoms with van der Waals surface area (Å²) < 4.78 is 27.3. The molecule has 1 aliphatic carbocycles. The maximum absolute atomic E-state index is 12.8. The zero-order chi connectivity index (χ0) is 19.3. The summed E-state index contributed by atoms with van der Waals surface area (Å²) in [4.78, 5) is 13.7. The SMILES string of the molecule is CC(=O)Nc1ccc(S(=O)(=O)N2CCN(CCC3=CCCCC3)CC2)cc1. The third kappa shape index (κ3) is 5.40. The van der Waals surface area contributed by atoms with Gasteiger partial charge in [-0.3, -0.25) is 4.79 Å². The van der Waals surface area contributed by atoms with Crippen LogP contribution in [-0.4, -0.2) is 56.3 Å². The average molecular weight is 392 g/mol. The molecule has 1 aromatic carbocycles. The van der Waals surface area contributed by atoms with Crippen LogP contribution in [0.15, 0.2) is 40.8 Å². The summed E-state index contributed by atoms with van der Waals surface area (Å²) in [5, 5.41) is 2.65. The molecule has 6 nitrogen and oxygen atoms in total. The normalized spacial score (nSPS) is 19.5. The number of sulfonamides is 1. The van der Waals surface area contributed by atoms with Gasteiger partial charge in [0.25, 0.3) is 0 Å². The van der Waals surface area contributed by atoms with Gasteiger partial charge in [-0.2, -0.15) is 4.31 Å². The van der Waals surface area contributed by atoms with Gasteiger partial charge in [0.1, 0.15) is 0 Å². The Hall–Kier alpha value is -1.70. The van der Waals surface area contributed by atoms with Crippen molar-refractivity contribution in [1.82, 2.24) is 9.21 Å². The van der Waals surface area contributed by atoms with Crippen LogP contribution in [0.1, 0.15) is 39.0 Å². The number of carbonyl (C=O) groups excluding carboxylic acids is 1. The Kier molecular flexibility index (Phi) is 6.68. The van der Waals surface area contributed by atoms with E-state index in [0.29, 0.717) is 18.8 Å². The van der Waals surface area contributed by atoms with Gasteiger partial charge in [-0.1, -0.05) is 11.6 Å². The van der Waals surface area contributed by atoms with Crippen molar-refractivity contribution in [2.45, 2.75) is 43.9 Å². The smallest absolute Gasteiger partial charge is 0.243 e. The molecule has 0 saturated carbocycles. The molecule has 1 N–H and O–H groups in total. The summed E-state index contributed by atoms with van der Waals surface area (Å²) in [7, 11) is -3.48. The number of carbonyl (C=O) groups is 1. The Morgan fingerprint density at radius 1 is 1.07 bits per heavy atom. The molecule has 0 unspecified atom stereocenters. The zero-order valence-electron chi connectivity index (χ0n) is 16.0. The standard InChI is InChI=1S/C20H29N3O3S/c1-17(24)21-19-7-9-20(10-8-19)27(25,26)23-15-13-22(14-16-23)12-11-18-5-3-2-4-6-18/h5,7-10H,2-4,6,11-16H2,1H3,(H,21,24). The summed E-state index contributed by atoms with van der Waals surface area (Å²) >= 11 is 0. The van der Waals surface area contributed by atoms with Crippen molar-refractivity contribution in [3.05, 3.63) is 35.9 Å². The van der Waals surface area contributed by atoms with E-state index >= 15 is 0 Å². The number of anilines is 1. The number of hydrogen-bond donors (Lipinski definition) is 1. The Morgan fingerprint density at radius 2 is 1.78 bits per heavy atom. The van der Waals surface area contributed by atoms with E-state index in [-0.39, 0.29) is 10.8 Å². The van der Waals surface area contributed by atoms with Crippen molar-refractivity contribution in [3.63, 3.8) is 0 Å². The van der Waals surface area contributed by atoms with Gasteiger partial charge < -0.3 is 10.2 Å². The van der Waals surface area contributed by atoms with E-state index in [1.54, 1.807) is 34.1 Å². The first-order valence-electron chi connectivity index (χ1n) is 9.73. The van der Waals surface area contributed by atoms with Crippen molar-refractivity contribution in [3.8, 4) is 0 Å². The van der Waals surface area contributed by atoms with Crippen molar-refractivity contribution in [2.24, 2.45) is 0 Å². The fourth-order valence-corrected chi connectivity index (χ4v) is 5.11.